The van der Waals surface area contributed by atoms with Crippen molar-refractivity contribution in [2.45, 2.75) is 32.4 Å². The number of benzene rings is 1. The molecule has 0 bridgehead atoms. The van der Waals surface area contributed by atoms with Crippen molar-refractivity contribution in [1.82, 2.24) is 5.32 Å². The Bertz CT molecular complexity index is 377. The van der Waals surface area contributed by atoms with Gasteiger partial charge in [0.2, 0.25) is 5.91 Å². The molecule has 0 saturated carbocycles. The van der Waals surface area contributed by atoms with Crippen LogP contribution in [0.3, 0.4) is 0 Å². The van der Waals surface area contributed by atoms with E-state index in [-0.39, 0.29) is 18.3 Å². The highest BCUT2D eigenvalue weighted by molar-refractivity contribution is 5.85. The average Bonchev–Trinajstić information content (AvgIpc) is 2.27. The van der Waals surface area contributed by atoms with E-state index < -0.39 is 5.54 Å². The first-order chi connectivity index (χ1) is 7.47. The van der Waals surface area contributed by atoms with Crippen LogP contribution in [0.4, 0.5) is 4.39 Å². The molecule has 1 aromatic rings. The minimum absolute atomic E-state index is 0.165. The highest BCUT2D eigenvalue weighted by Crippen LogP contribution is 2.08. The lowest BCUT2D eigenvalue weighted by molar-refractivity contribution is -0.126. The maximum atomic E-state index is 13.2. The molecule has 0 saturated heterocycles. The van der Waals surface area contributed by atoms with Crippen LogP contribution in [0.15, 0.2) is 24.3 Å². The van der Waals surface area contributed by atoms with Gasteiger partial charge in [-0.15, -0.1) is 0 Å². The Kier molecular flexibility index (Phi) is 4.01. The quantitative estimate of drug-likeness (QED) is 0.815. The van der Waals surface area contributed by atoms with Crippen LogP contribution < -0.4 is 11.1 Å². The zero-order valence-corrected chi connectivity index (χ0v) is 9.59. The second-order valence-electron chi connectivity index (χ2n) is 4.05. The van der Waals surface area contributed by atoms with E-state index >= 15 is 0 Å². The van der Waals surface area contributed by atoms with E-state index in [4.69, 9.17) is 5.73 Å². The molecule has 4 heteroatoms. The number of amides is 1. The number of hydrogen-bond donors (Lipinski definition) is 2. The number of carbonyl (C=O) groups is 1. The summed E-state index contributed by atoms with van der Waals surface area (Å²) in [6, 6.07) is 6.34. The Morgan fingerprint density at radius 1 is 1.50 bits per heavy atom. The van der Waals surface area contributed by atoms with Crippen molar-refractivity contribution in [3.05, 3.63) is 35.6 Å². The molecule has 0 heterocycles. The van der Waals surface area contributed by atoms with Gasteiger partial charge in [0.15, 0.2) is 0 Å². The number of nitrogens with one attached hydrogen (secondary N) is 1. The Labute approximate surface area is 94.8 Å². The number of nitrogens with two attached hydrogens (primary N) is 1. The van der Waals surface area contributed by atoms with Gasteiger partial charge in [0.25, 0.3) is 0 Å². The van der Waals surface area contributed by atoms with Crippen molar-refractivity contribution in [2.75, 3.05) is 0 Å². The number of halogens is 1. The first-order valence-electron chi connectivity index (χ1n) is 5.28. The van der Waals surface area contributed by atoms with Gasteiger partial charge >= 0.3 is 0 Å². The first-order valence-corrected chi connectivity index (χ1v) is 5.28. The monoisotopic (exact) mass is 224 g/mol. The van der Waals surface area contributed by atoms with E-state index in [9.17, 15) is 9.18 Å². The summed E-state index contributed by atoms with van der Waals surface area (Å²) in [6.45, 7) is 3.66. The van der Waals surface area contributed by atoms with Gasteiger partial charge in [-0.25, -0.2) is 4.39 Å². The fourth-order valence-corrected chi connectivity index (χ4v) is 1.18. The molecular weight excluding hydrogens is 207 g/mol. The third-order valence-electron chi connectivity index (χ3n) is 2.65. The molecule has 0 aromatic heterocycles. The first kappa shape index (κ1) is 12.6. The second-order valence-corrected chi connectivity index (χ2v) is 4.05. The van der Waals surface area contributed by atoms with Crippen molar-refractivity contribution < 1.29 is 9.18 Å². The van der Waals surface area contributed by atoms with E-state index in [1.807, 2.05) is 6.92 Å². The predicted octanol–water partition coefficient (Wildman–Crippen LogP) is 1.57. The standard InChI is InChI=1S/C12H17FN2O/c1-3-12(2,14)11(16)15-8-9-6-4-5-7-10(9)13/h4-7H,3,8,14H2,1-2H3,(H,15,16). The molecule has 3 N–H and O–H groups in total. The number of hydrogen-bond acceptors (Lipinski definition) is 2. The zero-order valence-electron chi connectivity index (χ0n) is 9.59. The van der Waals surface area contributed by atoms with Gasteiger partial charge in [-0.1, -0.05) is 25.1 Å². The fraction of sp³-hybridized carbons (Fsp3) is 0.417. The fourth-order valence-electron chi connectivity index (χ4n) is 1.18. The normalized spacial score (nSPS) is 14.2. The molecule has 1 aromatic carbocycles. The van der Waals surface area contributed by atoms with Crippen LogP contribution in [-0.4, -0.2) is 11.4 Å². The molecule has 0 radical (unpaired) electrons. The van der Waals surface area contributed by atoms with Crippen LogP contribution in [0.1, 0.15) is 25.8 Å². The molecule has 3 nitrogen and oxygen atoms in total. The Hall–Kier alpha value is -1.42. The summed E-state index contributed by atoms with van der Waals surface area (Å²) in [5.74, 6) is -0.587. The maximum Gasteiger partial charge on any atom is 0.240 e. The zero-order chi connectivity index (χ0) is 12.2. The Balaban J connectivity index is 2.59. The third kappa shape index (κ3) is 3.03. The molecule has 0 aliphatic rings. The highest BCUT2D eigenvalue weighted by Gasteiger charge is 2.25. The summed E-state index contributed by atoms with van der Waals surface area (Å²) in [7, 11) is 0. The summed E-state index contributed by atoms with van der Waals surface area (Å²) in [5, 5.41) is 2.63. The van der Waals surface area contributed by atoms with E-state index in [1.165, 1.54) is 6.07 Å². The number of carbonyl (C=O) groups excluding carboxylic acids is 1. The smallest absolute Gasteiger partial charge is 0.240 e. The van der Waals surface area contributed by atoms with E-state index in [0.717, 1.165) is 0 Å². The highest BCUT2D eigenvalue weighted by atomic mass is 19.1. The molecule has 0 fully saturated rings. The number of rotatable bonds is 4. The molecule has 1 amide bonds. The van der Waals surface area contributed by atoms with E-state index in [0.29, 0.717) is 12.0 Å². The van der Waals surface area contributed by atoms with Gasteiger partial charge in [-0.05, 0) is 19.4 Å². The van der Waals surface area contributed by atoms with E-state index in [2.05, 4.69) is 5.32 Å². The molecule has 1 unspecified atom stereocenters. The lowest BCUT2D eigenvalue weighted by Crippen LogP contribution is -2.50. The average molecular weight is 224 g/mol. The minimum Gasteiger partial charge on any atom is -0.350 e. The summed E-state index contributed by atoms with van der Waals surface area (Å²) in [4.78, 5) is 11.6. The largest absolute Gasteiger partial charge is 0.350 e. The third-order valence-corrected chi connectivity index (χ3v) is 2.65. The summed E-state index contributed by atoms with van der Waals surface area (Å²) < 4.78 is 13.2. The predicted molar refractivity (Wildman–Crippen MR) is 61.1 cm³/mol. The summed E-state index contributed by atoms with van der Waals surface area (Å²) in [5.41, 5.74) is 5.32. The van der Waals surface area contributed by atoms with Crippen LogP contribution in [0.25, 0.3) is 0 Å². The van der Waals surface area contributed by atoms with Crippen LogP contribution in [0, 0.1) is 5.82 Å². The molecule has 0 aliphatic carbocycles. The van der Waals surface area contributed by atoms with Crippen LogP contribution in [0.2, 0.25) is 0 Å². The molecule has 1 rings (SSSR count). The second kappa shape index (κ2) is 5.07. The lowest BCUT2D eigenvalue weighted by atomic mass is 9.99. The van der Waals surface area contributed by atoms with Crippen LogP contribution in [0.5, 0.6) is 0 Å². The van der Waals surface area contributed by atoms with Gasteiger partial charge in [-0.3, -0.25) is 4.79 Å². The van der Waals surface area contributed by atoms with Crippen LogP contribution in [-0.2, 0) is 11.3 Å². The summed E-state index contributed by atoms with van der Waals surface area (Å²) >= 11 is 0. The van der Waals surface area contributed by atoms with Crippen molar-refractivity contribution >= 4 is 5.91 Å². The molecular formula is C12H17FN2O. The van der Waals surface area contributed by atoms with Gasteiger partial charge in [-0.2, -0.15) is 0 Å². The SMILES string of the molecule is CCC(C)(N)C(=O)NCc1ccccc1F. The van der Waals surface area contributed by atoms with E-state index in [1.54, 1.807) is 25.1 Å². The molecule has 88 valence electrons. The molecule has 1 atom stereocenters. The lowest BCUT2D eigenvalue weighted by Gasteiger charge is -2.21. The molecule has 0 aliphatic heterocycles. The van der Waals surface area contributed by atoms with Crippen LogP contribution >= 0.6 is 0 Å². The van der Waals surface area contributed by atoms with Gasteiger partial charge < -0.3 is 11.1 Å². The van der Waals surface area contributed by atoms with Crippen molar-refractivity contribution in [3.63, 3.8) is 0 Å². The van der Waals surface area contributed by atoms with Gasteiger partial charge in [0.05, 0.1) is 5.54 Å². The van der Waals surface area contributed by atoms with Gasteiger partial charge in [0.1, 0.15) is 5.82 Å². The Morgan fingerprint density at radius 2 is 2.12 bits per heavy atom. The molecule has 0 spiro atoms. The minimum atomic E-state index is -0.898. The maximum absolute atomic E-state index is 13.2. The van der Waals surface area contributed by atoms with Gasteiger partial charge in [0, 0.05) is 12.1 Å². The van der Waals surface area contributed by atoms with Crippen molar-refractivity contribution in [2.24, 2.45) is 5.73 Å². The topological polar surface area (TPSA) is 55.1 Å². The van der Waals surface area contributed by atoms with Crippen molar-refractivity contribution in [1.29, 1.82) is 0 Å². The van der Waals surface area contributed by atoms with Crippen molar-refractivity contribution in [3.8, 4) is 0 Å². The molecule has 16 heavy (non-hydrogen) atoms. The Morgan fingerprint density at radius 3 is 2.69 bits per heavy atom. The summed E-state index contributed by atoms with van der Waals surface area (Å²) in [6.07, 6.45) is 0.538.